The first-order valence-electron chi connectivity index (χ1n) is 5.09. The summed E-state index contributed by atoms with van der Waals surface area (Å²) in [5.74, 6) is 1.12. The van der Waals surface area contributed by atoms with E-state index in [4.69, 9.17) is 0 Å². The van der Waals surface area contributed by atoms with Crippen molar-refractivity contribution in [3.63, 3.8) is 0 Å². The Kier molecular flexibility index (Phi) is 3.99. The number of hydrogen-bond acceptors (Lipinski definition) is 2. The highest BCUT2D eigenvalue weighted by molar-refractivity contribution is 7.99. The SMILES string of the molecule is CCc1ccc(SCC(C)(C)C)nc1. The molecule has 0 unspecified atom stereocenters. The molecule has 0 atom stereocenters. The van der Waals surface area contributed by atoms with E-state index >= 15 is 0 Å². The van der Waals surface area contributed by atoms with E-state index in [1.165, 1.54) is 5.56 Å². The van der Waals surface area contributed by atoms with Crippen molar-refractivity contribution in [2.45, 2.75) is 39.1 Å². The van der Waals surface area contributed by atoms with Crippen molar-refractivity contribution in [1.82, 2.24) is 4.98 Å². The molecule has 0 saturated heterocycles. The van der Waals surface area contributed by atoms with E-state index < -0.39 is 0 Å². The van der Waals surface area contributed by atoms with Gasteiger partial charge < -0.3 is 0 Å². The van der Waals surface area contributed by atoms with Crippen molar-refractivity contribution in [2.75, 3.05) is 5.75 Å². The molecular formula is C12H19NS. The van der Waals surface area contributed by atoms with Crippen molar-refractivity contribution in [3.05, 3.63) is 23.9 Å². The third kappa shape index (κ3) is 4.14. The summed E-state index contributed by atoms with van der Waals surface area (Å²) in [4.78, 5) is 4.42. The number of pyridine rings is 1. The van der Waals surface area contributed by atoms with Crippen molar-refractivity contribution in [2.24, 2.45) is 5.41 Å². The van der Waals surface area contributed by atoms with Crippen molar-refractivity contribution in [1.29, 1.82) is 0 Å². The molecule has 0 saturated carbocycles. The first-order valence-corrected chi connectivity index (χ1v) is 6.07. The zero-order chi connectivity index (χ0) is 10.6. The Labute approximate surface area is 91.3 Å². The number of aryl methyl sites for hydroxylation is 1. The molecule has 14 heavy (non-hydrogen) atoms. The highest BCUT2D eigenvalue weighted by atomic mass is 32.2. The van der Waals surface area contributed by atoms with E-state index in [2.05, 4.69) is 44.8 Å². The summed E-state index contributed by atoms with van der Waals surface area (Å²) in [6.07, 6.45) is 3.04. The Hall–Kier alpha value is -0.500. The third-order valence-corrected chi connectivity index (χ3v) is 3.41. The molecule has 1 aromatic rings. The van der Waals surface area contributed by atoms with Gasteiger partial charge in [-0.25, -0.2) is 4.98 Å². The lowest BCUT2D eigenvalue weighted by Crippen LogP contribution is -2.08. The van der Waals surface area contributed by atoms with Crippen LogP contribution in [0.15, 0.2) is 23.4 Å². The predicted octanol–water partition coefficient (Wildman–Crippen LogP) is 3.78. The van der Waals surface area contributed by atoms with Crippen LogP contribution in [0.1, 0.15) is 33.3 Å². The van der Waals surface area contributed by atoms with Gasteiger partial charge in [-0.15, -0.1) is 11.8 Å². The van der Waals surface area contributed by atoms with Crippen LogP contribution in [0.4, 0.5) is 0 Å². The lowest BCUT2D eigenvalue weighted by atomic mass is 10.0. The van der Waals surface area contributed by atoms with Crippen LogP contribution in [0.2, 0.25) is 0 Å². The van der Waals surface area contributed by atoms with Crippen molar-refractivity contribution < 1.29 is 0 Å². The van der Waals surface area contributed by atoms with Crippen LogP contribution in [0.3, 0.4) is 0 Å². The number of thioether (sulfide) groups is 1. The summed E-state index contributed by atoms with van der Waals surface area (Å²) in [5.41, 5.74) is 1.68. The molecule has 1 nitrogen and oxygen atoms in total. The Morgan fingerprint density at radius 3 is 2.43 bits per heavy atom. The monoisotopic (exact) mass is 209 g/mol. The molecule has 78 valence electrons. The average Bonchev–Trinajstić information content (AvgIpc) is 2.14. The Balaban J connectivity index is 2.52. The van der Waals surface area contributed by atoms with Gasteiger partial charge >= 0.3 is 0 Å². The Bertz CT molecular complexity index is 271. The molecule has 0 fully saturated rings. The molecule has 0 aliphatic carbocycles. The molecule has 0 aliphatic heterocycles. The van der Waals surface area contributed by atoms with Gasteiger partial charge in [0.1, 0.15) is 0 Å². The summed E-state index contributed by atoms with van der Waals surface area (Å²) in [5, 5.41) is 1.14. The van der Waals surface area contributed by atoms with E-state index in [1.807, 2.05) is 18.0 Å². The van der Waals surface area contributed by atoms with Gasteiger partial charge in [-0.05, 0) is 23.5 Å². The second-order valence-corrected chi connectivity index (χ2v) is 5.70. The molecule has 0 aromatic carbocycles. The second kappa shape index (κ2) is 4.83. The van der Waals surface area contributed by atoms with Crippen LogP contribution in [0.5, 0.6) is 0 Å². The van der Waals surface area contributed by atoms with E-state index in [1.54, 1.807) is 0 Å². The Morgan fingerprint density at radius 2 is 2.00 bits per heavy atom. The topological polar surface area (TPSA) is 12.9 Å². The molecule has 0 radical (unpaired) electrons. The molecule has 0 aliphatic rings. The van der Waals surface area contributed by atoms with Gasteiger partial charge in [-0.3, -0.25) is 0 Å². The second-order valence-electron chi connectivity index (χ2n) is 4.71. The van der Waals surface area contributed by atoms with Crippen molar-refractivity contribution in [3.8, 4) is 0 Å². The zero-order valence-corrected chi connectivity index (χ0v) is 10.3. The van der Waals surface area contributed by atoms with Gasteiger partial charge in [-0.1, -0.05) is 33.8 Å². The van der Waals surface area contributed by atoms with E-state index in [9.17, 15) is 0 Å². The summed E-state index contributed by atoms with van der Waals surface area (Å²) in [6, 6.07) is 4.28. The Morgan fingerprint density at radius 1 is 1.29 bits per heavy atom. The van der Waals surface area contributed by atoms with E-state index in [0.29, 0.717) is 5.41 Å². The van der Waals surface area contributed by atoms with Crippen LogP contribution in [0.25, 0.3) is 0 Å². The molecule has 0 spiro atoms. The van der Waals surface area contributed by atoms with Crippen LogP contribution in [-0.4, -0.2) is 10.7 Å². The maximum Gasteiger partial charge on any atom is 0.0960 e. The fourth-order valence-corrected chi connectivity index (χ4v) is 1.87. The molecule has 0 N–H and O–H groups in total. The predicted molar refractivity (Wildman–Crippen MR) is 63.8 cm³/mol. The molecule has 0 bridgehead atoms. The first-order chi connectivity index (χ1) is 6.51. The summed E-state index contributed by atoms with van der Waals surface area (Å²) in [6.45, 7) is 8.90. The summed E-state index contributed by atoms with van der Waals surface area (Å²) >= 11 is 1.84. The largest absolute Gasteiger partial charge is 0.250 e. The van der Waals surface area contributed by atoms with E-state index in [0.717, 1.165) is 17.2 Å². The van der Waals surface area contributed by atoms with Crippen LogP contribution in [0, 0.1) is 5.41 Å². The van der Waals surface area contributed by atoms with Gasteiger partial charge in [0.15, 0.2) is 0 Å². The fourth-order valence-electron chi connectivity index (χ4n) is 0.996. The number of rotatable bonds is 3. The maximum absolute atomic E-state index is 4.42. The van der Waals surface area contributed by atoms with Gasteiger partial charge in [0.2, 0.25) is 0 Å². The van der Waals surface area contributed by atoms with Crippen LogP contribution >= 0.6 is 11.8 Å². The summed E-state index contributed by atoms with van der Waals surface area (Å²) < 4.78 is 0. The normalized spacial score (nSPS) is 11.7. The molecule has 1 heterocycles. The molecule has 1 aromatic heterocycles. The number of hydrogen-bond donors (Lipinski definition) is 0. The zero-order valence-electron chi connectivity index (χ0n) is 9.50. The fraction of sp³-hybridized carbons (Fsp3) is 0.583. The minimum Gasteiger partial charge on any atom is -0.250 e. The van der Waals surface area contributed by atoms with Crippen LogP contribution < -0.4 is 0 Å². The lowest BCUT2D eigenvalue weighted by Gasteiger charge is -2.16. The van der Waals surface area contributed by atoms with E-state index in [-0.39, 0.29) is 0 Å². The summed E-state index contributed by atoms with van der Waals surface area (Å²) in [7, 11) is 0. The maximum atomic E-state index is 4.42. The average molecular weight is 209 g/mol. The smallest absolute Gasteiger partial charge is 0.0960 e. The van der Waals surface area contributed by atoms with Crippen LogP contribution in [-0.2, 0) is 6.42 Å². The molecular weight excluding hydrogens is 190 g/mol. The van der Waals surface area contributed by atoms with Crippen molar-refractivity contribution >= 4 is 11.8 Å². The molecule has 2 heteroatoms. The standard InChI is InChI=1S/C12H19NS/c1-5-10-6-7-11(13-8-10)14-9-12(2,3)4/h6-8H,5,9H2,1-4H3. The lowest BCUT2D eigenvalue weighted by molar-refractivity contribution is 0.480. The van der Waals surface area contributed by atoms with Gasteiger partial charge in [0.05, 0.1) is 5.03 Å². The highest BCUT2D eigenvalue weighted by Crippen LogP contribution is 2.25. The van der Waals surface area contributed by atoms with Gasteiger partial charge in [-0.2, -0.15) is 0 Å². The first kappa shape index (κ1) is 11.6. The number of aromatic nitrogens is 1. The van der Waals surface area contributed by atoms with Gasteiger partial charge in [0.25, 0.3) is 0 Å². The third-order valence-electron chi connectivity index (χ3n) is 1.86. The number of nitrogens with zero attached hydrogens (tertiary/aromatic N) is 1. The molecule has 0 amide bonds. The quantitative estimate of drug-likeness (QED) is 0.703. The van der Waals surface area contributed by atoms with Gasteiger partial charge in [0, 0.05) is 11.9 Å². The molecule has 1 rings (SSSR count). The minimum atomic E-state index is 0.371. The minimum absolute atomic E-state index is 0.371. The highest BCUT2D eigenvalue weighted by Gasteiger charge is 2.10.